The molecule has 0 saturated carbocycles. The maximum atomic E-state index is 5.00. The van der Waals surface area contributed by atoms with Crippen molar-refractivity contribution in [2.75, 3.05) is 0 Å². The Bertz CT molecular complexity index is 5830. The number of nitrogens with zero attached hydrogens (tertiary/aromatic N) is 2. The fourth-order valence-corrected chi connectivity index (χ4v) is 29.2. The quantitative estimate of drug-likeness (QED) is 0.0380. The van der Waals surface area contributed by atoms with Crippen LogP contribution in [0.25, 0.3) is 110 Å². The maximum Gasteiger partial charge on any atom is 0.114 e. The molecule has 11 aromatic rings. The Morgan fingerprint density at radius 2 is 0.702 bits per heavy atom. The van der Waals surface area contributed by atoms with Crippen LogP contribution in [0.4, 0.5) is 0 Å². The van der Waals surface area contributed by atoms with E-state index in [-0.39, 0.29) is 27.1 Å². The number of aromatic nitrogens is 2. The van der Waals surface area contributed by atoms with Crippen LogP contribution in [0, 0.1) is 66.1 Å². The molecule has 0 N–H and O–H groups in total. The molecule has 0 aliphatic heterocycles. The van der Waals surface area contributed by atoms with Crippen LogP contribution >= 0.6 is 34.4 Å². The van der Waals surface area contributed by atoms with Crippen molar-refractivity contribution in [3.8, 4) is 87.0 Å². The van der Waals surface area contributed by atoms with E-state index in [0.29, 0.717) is 59.2 Å². The van der Waals surface area contributed by atoms with Crippen molar-refractivity contribution >= 4 is 57.1 Å². The van der Waals surface area contributed by atoms with Crippen LogP contribution in [0.2, 0.25) is 0 Å². The highest BCUT2D eigenvalue weighted by Gasteiger charge is 2.53. The Morgan fingerprint density at radius 3 is 1.20 bits per heavy atom. The van der Waals surface area contributed by atoms with E-state index in [1.807, 2.05) is 22.7 Å². The van der Waals surface area contributed by atoms with Crippen molar-refractivity contribution in [3.63, 3.8) is 0 Å². The first-order valence-electron chi connectivity index (χ1n) is 53.3. The van der Waals surface area contributed by atoms with Gasteiger partial charge in [-0.3, -0.25) is 0 Å². The fraction of sp³-hybridized carbons (Fsp3) is 0.524. The van der Waals surface area contributed by atoms with Gasteiger partial charge in [-0.05, 0) is 331 Å². The zero-order valence-electron chi connectivity index (χ0n) is 84.8. The maximum absolute atomic E-state index is 5.00. The van der Waals surface area contributed by atoms with E-state index in [9.17, 15) is 0 Å². The average Bonchev–Trinajstić information content (AvgIpc) is 1.54. The molecule has 10 atom stereocenters. The number of benzene rings is 8. The number of fused-ring (bicyclic) bond motifs is 12. The minimum absolute atomic E-state index is 0.0305. The summed E-state index contributed by atoms with van der Waals surface area (Å²) in [6.07, 6.45) is 41.8. The van der Waals surface area contributed by atoms with Crippen molar-refractivity contribution in [1.29, 1.82) is 0 Å². The predicted octanol–water partition coefficient (Wildman–Crippen LogP) is 39.5. The van der Waals surface area contributed by atoms with Gasteiger partial charge in [0.2, 0.25) is 0 Å². The lowest BCUT2D eigenvalue weighted by Gasteiger charge is -2.39. The zero-order valence-corrected chi connectivity index (χ0v) is 87.3. The molecule has 16 rings (SSSR count). The molecule has 3 heterocycles. The average molecular weight is 1800 g/mol. The van der Waals surface area contributed by atoms with E-state index in [1.165, 1.54) is 264 Å². The van der Waals surface area contributed by atoms with Gasteiger partial charge in [-0.2, -0.15) is 8.75 Å². The largest absolute Gasteiger partial charge is 0.172 e. The van der Waals surface area contributed by atoms with E-state index < -0.39 is 0 Å². The third-order valence-corrected chi connectivity index (χ3v) is 37.8. The fourth-order valence-electron chi connectivity index (χ4n) is 26.7. The summed E-state index contributed by atoms with van der Waals surface area (Å²) in [7, 11) is 0. The van der Waals surface area contributed by atoms with E-state index >= 15 is 0 Å². The van der Waals surface area contributed by atoms with Crippen molar-refractivity contribution in [3.05, 3.63) is 236 Å². The standard InChI is InChI=1S/C126H162N2S3/c1-22-36-41-90(34-13)78-126(79-91(35-14)42-37-23-2)114-66-95(50-54-103(114)104-55-51-97(67-115(104)126)117-59-60-119(130-117)106-57-56-105(118-58-45-87(21)129-118)120-121(106)128-131-127-120)94-49-53-102-101-52-48-93(64-112(101)125(113(102)65-94,75-86(20)40-24-3)77-89(32-11)33-12)92-46-47-96-61-99(123(110(96)63-92,71-82(16)26-5)72-83(17)27-6)62-98-80-122(70-81(15)25-4,76-88(30-9)31-10)111-69-108-100-43-38-39-44-109(100)124(73-84(18)28-7,74-85(19)29-8)116(108)68-107(98)111/h38-39,43-69,81-86,88-91H,22-37,40-42,70-80H2,1-21H3/b98-62+. The van der Waals surface area contributed by atoms with Crippen molar-refractivity contribution in [2.24, 2.45) is 59.2 Å². The molecule has 0 spiro atoms. The Balaban J connectivity index is 0.825. The van der Waals surface area contributed by atoms with Gasteiger partial charge in [0.15, 0.2) is 0 Å². The Labute approximate surface area is 806 Å². The van der Waals surface area contributed by atoms with Crippen molar-refractivity contribution in [1.82, 2.24) is 8.75 Å². The lowest BCUT2D eigenvalue weighted by atomic mass is 9.64. The highest BCUT2D eigenvalue weighted by atomic mass is 32.1. The molecule has 0 amide bonds. The van der Waals surface area contributed by atoms with Gasteiger partial charge in [0, 0.05) is 57.7 Å². The van der Waals surface area contributed by atoms with Gasteiger partial charge in [0.25, 0.3) is 0 Å². The molecule has 0 saturated heterocycles. The van der Waals surface area contributed by atoms with E-state index in [2.05, 4.69) is 321 Å². The molecular weight excluding hydrogens is 1640 g/mol. The molecule has 5 heteroatoms. The topological polar surface area (TPSA) is 25.8 Å². The number of hydrogen-bond acceptors (Lipinski definition) is 5. The molecule has 10 unspecified atom stereocenters. The Kier molecular flexibility index (Phi) is 30.4. The molecule has 694 valence electrons. The van der Waals surface area contributed by atoms with E-state index in [0.717, 1.165) is 43.1 Å². The van der Waals surface area contributed by atoms with E-state index in [4.69, 9.17) is 8.75 Å². The Morgan fingerprint density at radius 1 is 0.305 bits per heavy atom. The Hall–Kier alpha value is -7.54. The summed E-state index contributed by atoms with van der Waals surface area (Å²) in [6, 6.07) is 69.0. The third kappa shape index (κ3) is 18.3. The van der Waals surface area contributed by atoms with Crippen LogP contribution in [0.3, 0.4) is 0 Å². The number of rotatable bonds is 45. The van der Waals surface area contributed by atoms with Gasteiger partial charge >= 0.3 is 0 Å². The summed E-state index contributed by atoms with van der Waals surface area (Å²) < 4.78 is 9.95. The molecule has 3 aromatic heterocycles. The van der Waals surface area contributed by atoms with Crippen molar-refractivity contribution < 1.29 is 0 Å². The first kappa shape index (κ1) is 96.6. The van der Waals surface area contributed by atoms with E-state index in [1.54, 1.807) is 66.8 Å². The molecule has 0 fully saturated rings. The first-order chi connectivity index (χ1) is 63.4. The second-order valence-corrected chi connectivity index (χ2v) is 46.7. The van der Waals surface area contributed by atoms with Gasteiger partial charge < -0.3 is 0 Å². The van der Waals surface area contributed by atoms with Crippen LogP contribution in [0.5, 0.6) is 0 Å². The summed E-state index contributed by atoms with van der Waals surface area (Å²) in [5, 5.41) is 0. The SMILES string of the molecule is CCCCC(CC)CC1(CC(CC)CCCC)c2cc(-c3ccc4c(c3)C(CC(C)CCC)(CC(CC)CC)c3cc(-c5ccc6c(c5)C(CC(C)CC)(CC(C)CC)C(/C=C5\CC(CC(C)CC)(CC(CC)CC)c7cc8c(cc75)C(CC(C)CC)(CC(C)CC)c5ccccc5-8)=C6)ccc3-4)ccc2-c2ccc(-c3ccc(-c4ccc(-c5ccc(C)s5)c5nsnc45)s3)cc21. The predicted molar refractivity (Wildman–Crippen MR) is 576 cm³/mol. The van der Waals surface area contributed by atoms with Crippen LogP contribution in [0.1, 0.15) is 392 Å². The molecule has 0 radical (unpaired) electrons. The minimum atomic E-state index is -0.177. The minimum Gasteiger partial charge on any atom is -0.172 e. The lowest BCUT2D eigenvalue weighted by molar-refractivity contribution is 0.257. The molecule has 5 aliphatic rings. The van der Waals surface area contributed by atoms with Gasteiger partial charge in [0.1, 0.15) is 11.0 Å². The zero-order chi connectivity index (χ0) is 92.4. The number of thiophene rings is 2. The highest BCUT2D eigenvalue weighted by molar-refractivity contribution is 7.19. The summed E-state index contributed by atoms with van der Waals surface area (Å²) >= 11 is 5.10. The van der Waals surface area contributed by atoms with Crippen LogP contribution in [-0.4, -0.2) is 8.75 Å². The van der Waals surface area contributed by atoms with Gasteiger partial charge in [0.05, 0.1) is 11.7 Å². The molecule has 131 heavy (non-hydrogen) atoms. The second-order valence-electron chi connectivity index (χ2n) is 43.8. The lowest BCUT2D eigenvalue weighted by Crippen LogP contribution is -2.31. The smallest absolute Gasteiger partial charge is 0.114 e. The van der Waals surface area contributed by atoms with Crippen molar-refractivity contribution in [2.45, 2.75) is 365 Å². The van der Waals surface area contributed by atoms with Gasteiger partial charge in [-0.1, -0.05) is 370 Å². The second kappa shape index (κ2) is 41.2. The monoisotopic (exact) mass is 1800 g/mol. The summed E-state index contributed by atoms with van der Waals surface area (Å²) in [5.41, 5.74) is 38.7. The first-order valence-corrected chi connectivity index (χ1v) is 55.7. The van der Waals surface area contributed by atoms with Gasteiger partial charge in [-0.25, -0.2) is 0 Å². The molecule has 8 aromatic carbocycles. The number of aryl methyl sites for hydroxylation is 1. The van der Waals surface area contributed by atoms with Crippen LogP contribution < -0.4 is 0 Å². The third-order valence-electron chi connectivity index (χ3n) is 35.1. The normalized spacial score (nSPS) is 21.4. The number of allylic oxidation sites excluding steroid dienone is 3. The molecule has 5 aliphatic carbocycles. The highest BCUT2D eigenvalue weighted by Crippen LogP contribution is 2.66. The number of hydrogen-bond donors (Lipinski definition) is 0. The van der Waals surface area contributed by atoms with Crippen LogP contribution in [-0.2, 0) is 27.1 Å². The molecular formula is C126H162N2S3. The number of unbranched alkanes of at least 4 members (excludes halogenated alkanes) is 2. The van der Waals surface area contributed by atoms with Crippen LogP contribution in [0.15, 0.2) is 175 Å². The molecule has 0 bridgehead atoms. The van der Waals surface area contributed by atoms with Gasteiger partial charge in [-0.15, -0.1) is 22.7 Å². The summed E-state index contributed by atoms with van der Waals surface area (Å²) in [6.45, 7) is 52.2. The molecule has 2 nitrogen and oxygen atoms in total. The summed E-state index contributed by atoms with van der Waals surface area (Å²) in [5.74, 6) is 5.95. The summed E-state index contributed by atoms with van der Waals surface area (Å²) in [4.78, 5) is 5.14.